The molecule has 1 aromatic carbocycles. The van der Waals surface area contributed by atoms with Gasteiger partial charge in [-0.25, -0.2) is 0 Å². The van der Waals surface area contributed by atoms with Gasteiger partial charge in [-0.15, -0.1) is 0 Å². The summed E-state index contributed by atoms with van der Waals surface area (Å²) in [5, 5.41) is 11.2. The monoisotopic (exact) mass is 396 g/mol. The van der Waals surface area contributed by atoms with Gasteiger partial charge in [0.2, 0.25) is 5.91 Å². The number of amides is 2. The van der Waals surface area contributed by atoms with Gasteiger partial charge >= 0.3 is 0 Å². The van der Waals surface area contributed by atoms with Crippen LogP contribution in [0.5, 0.6) is 0 Å². The molecule has 4 atom stereocenters. The molecule has 3 aliphatic rings. The topological polar surface area (TPSA) is 87.3 Å². The first-order valence-electron chi connectivity index (χ1n) is 10.7. The molecule has 1 aromatic heterocycles. The van der Waals surface area contributed by atoms with E-state index < -0.39 is 0 Å². The molecule has 0 unspecified atom stereocenters. The summed E-state index contributed by atoms with van der Waals surface area (Å²) in [4.78, 5) is 26.8. The van der Waals surface area contributed by atoms with Gasteiger partial charge in [0.25, 0.3) is 5.91 Å². The van der Waals surface area contributed by atoms with Crippen LogP contribution in [0, 0.1) is 17.8 Å². The fourth-order valence-electron chi connectivity index (χ4n) is 5.00. The summed E-state index contributed by atoms with van der Waals surface area (Å²) in [6.07, 6.45) is 4.31. The number of fused-ring (bicyclic) bond motifs is 2. The van der Waals surface area contributed by atoms with E-state index in [1.54, 1.807) is 6.92 Å². The van der Waals surface area contributed by atoms with Crippen molar-refractivity contribution in [3.63, 3.8) is 0 Å². The van der Waals surface area contributed by atoms with Crippen LogP contribution in [0.4, 0.5) is 0 Å². The van der Waals surface area contributed by atoms with Crippen LogP contribution in [0.25, 0.3) is 10.9 Å². The van der Waals surface area contributed by atoms with Crippen LogP contribution in [0.3, 0.4) is 0 Å². The Bertz CT molecular complexity index is 922. The number of rotatable bonds is 5. The second-order valence-corrected chi connectivity index (χ2v) is 8.94. The minimum Gasteiger partial charge on any atom is -0.376 e. The van der Waals surface area contributed by atoms with Crippen LogP contribution in [-0.2, 0) is 9.53 Å². The molecule has 7 nitrogen and oxygen atoms in total. The second kappa shape index (κ2) is 7.44. The molecule has 1 aliphatic heterocycles. The number of H-pyrrole nitrogens is 1. The molecular weight excluding hydrogens is 368 g/mol. The number of hydrogen-bond donors (Lipinski definition) is 2. The van der Waals surface area contributed by atoms with Crippen molar-refractivity contribution >= 4 is 22.7 Å². The Balaban J connectivity index is 1.30. The maximum atomic E-state index is 13.2. The first kappa shape index (κ1) is 18.6. The van der Waals surface area contributed by atoms with Crippen molar-refractivity contribution in [2.45, 2.75) is 44.8 Å². The van der Waals surface area contributed by atoms with Crippen molar-refractivity contribution in [3.8, 4) is 0 Å². The predicted molar refractivity (Wildman–Crippen MR) is 108 cm³/mol. The number of carbonyl (C=O) groups is 2. The molecule has 154 valence electrons. The summed E-state index contributed by atoms with van der Waals surface area (Å²) in [5.41, 5.74) is 1.38. The Kier molecular flexibility index (Phi) is 4.78. The first-order valence-corrected chi connectivity index (χ1v) is 10.7. The fraction of sp³-hybridized carbons (Fsp3) is 0.591. The SMILES string of the molecule is CC(=O)N[C@@H]1C[C@@H]2CN(C(=O)c3n[nH]c4ccccc34)C[C@@H]2C[C@H]1OCC1CC1. The normalized spacial score (nSPS) is 29.1. The maximum absolute atomic E-state index is 13.2. The van der Waals surface area contributed by atoms with E-state index in [0.717, 1.165) is 43.4 Å². The number of carbonyl (C=O) groups excluding carboxylic acids is 2. The first-order chi connectivity index (χ1) is 14.1. The average Bonchev–Trinajstić information content (AvgIpc) is 3.29. The van der Waals surface area contributed by atoms with Crippen molar-refractivity contribution < 1.29 is 14.3 Å². The van der Waals surface area contributed by atoms with Gasteiger partial charge in [0.15, 0.2) is 5.69 Å². The highest BCUT2D eigenvalue weighted by Crippen LogP contribution is 2.39. The lowest BCUT2D eigenvalue weighted by atomic mass is 9.77. The number of hydrogen-bond acceptors (Lipinski definition) is 4. The largest absolute Gasteiger partial charge is 0.376 e. The number of ether oxygens (including phenoxy) is 1. The van der Waals surface area contributed by atoms with E-state index in [0.29, 0.717) is 23.4 Å². The number of likely N-dealkylation sites (tertiary alicyclic amines) is 1. The zero-order valence-electron chi connectivity index (χ0n) is 16.8. The lowest BCUT2D eigenvalue weighted by Gasteiger charge is -2.38. The highest BCUT2D eigenvalue weighted by Gasteiger charge is 2.45. The summed E-state index contributed by atoms with van der Waals surface area (Å²) in [5.74, 6) is 1.48. The minimum absolute atomic E-state index is 0.0108. The Morgan fingerprint density at radius 2 is 1.97 bits per heavy atom. The van der Waals surface area contributed by atoms with Crippen LogP contribution >= 0.6 is 0 Å². The molecule has 2 aliphatic carbocycles. The smallest absolute Gasteiger partial charge is 0.275 e. The van der Waals surface area contributed by atoms with Gasteiger partial charge in [0.05, 0.1) is 17.7 Å². The molecular formula is C22H28N4O3. The number of benzene rings is 1. The quantitative estimate of drug-likeness (QED) is 0.812. The van der Waals surface area contributed by atoms with E-state index in [-0.39, 0.29) is 24.0 Å². The zero-order chi connectivity index (χ0) is 20.0. The number of nitrogens with zero attached hydrogens (tertiary/aromatic N) is 2. The lowest BCUT2D eigenvalue weighted by Crippen LogP contribution is -2.50. The van der Waals surface area contributed by atoms with Gasteiger partial charge in [-0.05, 0) is 49.5 Å². The zero-order valence-corrected chi connectivity index (χ0v) is 16.8. The maximum Gasteiger partial charge on any atom is 0.275 e. The van der Waals surface area contributed by atoms with Crippen molar-refractivity contribution in [3.05, 3.63) is 30.0 Å². The van der Waals surface area contributed by atoms with Crippen LogP contribution in [0.1, 0.15) is 43.1 Å². The standard InChI is InChI=1S/C22H28N4O3/c1-13(27)23-19-8-15-10-26(11-16(15)9-20(19)29-12-14-6-7-14)22(28)21-17-4-2-3-5-18(17)24-25-21/h2-5,14-16,19-20H,6-12H2,1H3,(H,23,27)(H,24,25)/t15-,16+,19-,20-/m1/s1. The molecule has 7 heteroatoms. The highest BCUT2D eigenvalue weighted by atomic mass is 16.5. The Hall–Kier alpha value is -2.41. The number of aromatic amines is 1. The van der Waals surface area contributed by atoms with Gasteiger partial charge in [0, 0.05) is 32.0 Å². The van der Waals surface area contributed by atoms with Gasteiger partial charge < -0.3 is 15.0 Å². The summed E-state index contributed by atoms with van der Waals surface area (Å²) in [7, 11) is 0. The number of para-hydroxylation sites is 1. The van der Waals surface area contributed by atoms with E-state index in [4.69, 9.17) is 4.74 Å². The molecule has 2 amide bonds. The Morgan fingerprint density at radius 1 is 1.21 bits per heavy atom. The van der Waals surface area contributed by atoms with Gasteiger partial charge in [-0.1, -0.05) is 18.2 Å². The fourth-order valence-corrected chi connectivity index (χ4v) is 5.00. The number of nitrogens with one attached hydrogen (secondary N) is 2. The lowest BCUT2D eigenvalue weighted by molar-refractivity contribution is -0.122. The van der Waals surface area contributed by atoms with Gasteiger partial charge in [-0.3, -0.25) is 14.7 Å². The van der Waals surface area contributed by atoms with Gasteiger partial charge in [-0.2, -0.15) is 5.10 Å². The number of aromatic nitrogens is 2. The average molecular weight is 396 g/mol. The van der Waals surface area contributed by atoms with Gasteiger partial charge in [0.1, 0.15) is 0 Å². The van der Waals surface area contributed by atoms with Crippen molar-refractivity contribution in [2.75, 3.05) is 19.7 Å². The van der Waals surface area contributed by atoms with Crippen molar-refractivity contribution in [1.29, 1.82) is 0 Å². The Labute approximate surface area is 170 Å². The molecule has 2 saturated carbocycles. The molecule has 5 rings (SSSR count). The molecule has 0 radical (unpaired) electrons. The second-order valence-electron chi connectivity index (χ2n) is 8.94. The third-order valence-electron chi connectivity index (χ3n) is 6.71. The van der Waals surface area contributed by atoms with E-state index in [2.05, 4.69) is 15.5 Å². The van der Waals surface area contributed by atoms with Crippen molar-refractivity contribution in [2.24, 2.45) is 17.8 Å². The third kappa shape index (κ3) is 3.75. The van der Waals surface area contributed by atoms with Crippen LogP contribution in [0.15, 0.2) is 24.3 Å². The Morgan fingerprint density at radius 3 is 2.72 bits per heavy atom. The van der Waals surface area contributed by atoms with Crippen LogP contribution < -0.4 is 5.32 Å². The molecule has 1 saturated heterocycles. The molecule has 2 aromatic rings. The molecule has 2 N–H and O–H groups in total. The molecule has 0 spiro atoms. The molecule has 0 bridgehead atoms. The van der Waals surface area contributed by atoms with Crippen LogP contribution in [0.2, 0.25) is 0 Å². The molecule has 29 heavy (non-hydrogen) atoms. The van der Waals surface area contributed by atoms with E-state index in [1.165, 1.54) is 12.8 Å². The van der Waals surface area contributed by atoms with E-state index in [1.807, 2.05) is 29.2 Å². The summed E-state index contributed by atoms with van der Waals surface area (Å²) >= 11 is 0. The van der Waals surface area contributed by atoms with Crippen molar-refractivity contribution in [1.82, 2.24) is 20.4 Å². The summed E-state index contributed by atoms with van der Waals surface area (Å²) in [6.45, 7) is 3.81. The third-order valence-corrected chi connectivity index (χ3v) is 6.71. The summed E-state index contributed by atoms with van der Waals surface area (Å²) in [6, 6.07) is 7.77. The molecule has 3 fully saturated rings. The summed E-state index contributed by atoms with van der Waals surface area (Å²) < 4.78 is 6.22. The molecule has 2 heterocycles. The minimum atomic E-state index is -0.0117. The van der Waals surface area contributed by atoms with E-state index >= 15 is 0 Å². The van der Waals surface area contributed by atoms with Crippen LogP contribution in [-0.4, -0.2) is 58.8 Å². The van der Waals surface area contributed by atoms with E-state index in [9.17, 15) is 9.59 Å². The highest BCUT2D eigenvalue weighted by molar-refractivity contribution is 6.04. The predicted octanol–water partition coefficient (Wildman–Crippen LogP) is 2.34.